The Bertz CT molecular complexity index is 6850. The van der Waals surface area contributed by atoms with E-state index in [1.807, 2.05) is 115 Å². The molecule has 0 saturated carbocycles. The molecule has 0 aliphatic carbocycles. The Hall–Kier alpha value is -15.6. The summed E-state index contributed by atoms with van der Waals surface area (Å²) >= 11 is 0. The van der Waals surface area contributed by atoms with Crippen LogP contribution in [0.25, 0.3) is 177 Å². The molecule has 0 radical (unpaired) electrons. The Labute approximate surface area is 632 Å². The van der Waals surface area contributed by atoms with Crippen LogP contribution in [0, 0.1) is 23.3 Å². The highest BCUT2D eigenvalue weighted by Crippen LogP contribution is 2.42. The van der Waals surface area contributed by atoms with E-state index in [1.165, 1.54) is 30.5 Å². The van der Waals surface area contributed by atoms with Gasteiger partial charge in [0.25, 0.3) is 11.1 Å². The number of pyridine rings is 14. The first-order valence-corrected chi connectivity index (χ1v) is 35.1. The first-order chi connectivity index (χ1) is 54.9. The van der Waals surface area contributed by atoms with E-state index in [9.17, 15) is 27.2 Å². The van der Waals surface area contributed by atoms with Crippen LogP contribution in [0.15, 0.2) is 315 Å². The number of hydrogen-bond donors (Lipinski definition) is 4. The molecular formula is C90H56F4N16O2. The van der Waals surface area contributed by atoms with Gasteiger partial charge in [-0.25, -0.2) is 62.4 Å². The van der Waals surface area contributed by atoms with Gasteiger partial charge in [0.2, 0.25) is 0 Å². The van der Waals surface area contributed by atoms with Crippen LogP contribution < -0.4 is 22.6 Å². The molecule has 0 spiro atoms. The number of nitrogen functional groups attached to an aromatic ring is 2. The lowest BCUT2D eigenvalue weighted by Crippen LogP contribution is -2.06. The minimum Gasteiger partial charge on any atom is -0.398 e. The van der Waals surface area contributed by atoms with Crippen molar-refractivity contribution in [1.82, 2.24) is 69.8 Å². The van der Waals surface area contributed by atoms with E-state index in [0.29, 0.717) is 89.9 Å². The van der Waals surface area contributed by atoms with E-state index in [1.54, 1.807) is 159 Å². The molecule has 0 aliphatic heterocycles. The Morgan fingerprint density at radius 1 is 0.259 bits per heavy atom. The van der Waals surface area contributed by atoms with Crippen molar-refractivity contribution in [2.45, 2.75) is 0 Å². The monoisotopic (exact) mass is 1470 g/mol. The lowest BCUT2D eigenvalue weighted by molar-refractivity contribution is 0.630. The van der Waals surface area contributed by atoms with E-state index in [0.717, 1.165) is 98.4 Å². The molecule has 0 atom stereocenters. The number of aromatic amines is 2. The van der Waals surface area contributed by atoms with Gasteiger partial charge in [-0.15, -0.1) is 0 Å². The van der Waals surface area contributed by atoms with Crippen LogP contribution in [0.2, 0.25) is 0 Å². The van der Waals surface area contributed by atoms with E-state index >= 15 is 0 Å². The van der Waals surface area contributed by atoms with Crippen LogP contribution in [0.3, 0.4) is 0 Å². The Balaban J connectivity index is 0.000000108. The van der Waals surface area contributed by atoms with Gasteiger partial charge in [-0.1, -0.05) is 66.7 Å². The molecule has 18 nitrogen and oxygen atoms in total. The molecule has 20 aromatic rings. The molecule has 20 rings (SSSR count). The molecule has 6 aromatic carbocycles. The highest BCUT2D eigenvalue weighted by Gasteiger charge is 2.21. The third-order valence-electron chi connectivity index (χ3n) is 19.2. The Morgan fingerprint density at radius 3 is 1.07 bits per heavy atom. The quantitative estimate of drug-likeness (QED) is 0.0813. The summed E-state index contributed by atoms with van der Waals surface area (Å²) in [7, 11) is 0. The van der Waals surface area contributed by atoms with Gasteiger partial charge in [-0.05, 0) is 213 Å². The van der Waals surface area contributed by atoms with Gasteiger partial charge >= 0.3 is 0 Å². The molecule has 14 heterocycles. The second-order valence-corrected chi connectivity index (χ2v) is 25.8. The maximum atomic E-state index is 14.4. The normalized spacial score (nSPS) is 11.2. The molecule has 536 valence electrons. The number of aromatic nitrogens is 14. The van der Waals surface area contributed by atoms with Crippen LogP contribution in [0.4, 0.5) is 29.1 Å². The van der Waals surface area contributed by atoms with Crippen molar-refractivity contribution in [3.05, 3.63) is 349 Å². The fraction of sp³-hybridized carbons (Fsp3) is 0. The number of halogens is 4. The molecule has 0 unspecified atom stereocenters. The number of benzene rings is 6. The third-order valence-corrected chi connectivity index (χ3v) is 19.2. The van der Waals surface area contributed by atoms with Gasteiger partial charge in [-0.3, -0.25) is 24.5 Å². The lowest BCUT2D eigenvalue weighted by atomic mass is 9.95. The standard InChI is InChI=1S/C23H15FN4.C23H14FN3O.C22H14FN5.C22H13FN4O/c24-20-6-2-1-4-17(20)22-12-18(16-5-3-10-27-23(16)28-22)14-7-8-21(25)19-13-26-11-9-15(14)19;24-20-9-2-1-5-18(20)21-13-19(16-8-4-11-25-22(16)27-21)14-6-3-7-17-15(14)10-12-26-23(17)28;23-19-6-2-1-4-15(19)20-10-16(14-5-3-8-26-22(14)28-20)17-12-27-21(24)18-11-25-9-7-13(17)18;23-19-6-2-1-4-15(19)20-10-16(14-5-3-8-25-21(14)27-20)17-12-26-22(28)18-11-24-9-7-13(17)18/h1-13H,25H2;1-13H,(H,26,28);1-12H,(H2,24,27);1-12H,(H,26,28). The highest BCUT2D eigenvalue weighted by atomic mass is 19.1. The van der Waals surface area contributed by atoms with Crippen molar-refractivity contribution in [3.63, 3.8) is 0 Å². The SMILES string of the molecule is Nc1ccc(-c2cc(-c3ccccc3F)nc3ncccc23)c2ccncc12.Nc1ncc(-c2cc(-c3ccccc3F)nc3ncccc23)c2ccncc12.O=c1[nH]cc(-c2cc(-c3ccccc3F)nc3ncccc23)c2ccncc12.O=c1[nH]ccc2c(-c3cc(-c4ccccc4F)nc4ncccc34)cccc12. The molecular weight excluding hydrogens is 1410 g/mol. The van der Waals surface area contributed by atoms with E-state index in [-0.39, 0.29) is 34.4 Å². The molecule has 0 fully saturated rings. The minimum atomic E-state index is -0.355. The number of anilines is 2. The lowest BCUT2D eigenvalue weighted by Gasteiger charge is -2.13. The molecule has 14 aromatic heterocycles. The van der Waals surface area contributed by atoms with Gasteiger partial charge < -0.3 is 21.4 Å². The summed E-state index contributed by atoms with van der Waals surface area (Å²) in [4.78, 5) is 82.5. The molecule has 6 N–H and O–H groups in total. The summed E-state index contributed by atoms with van der Waals surface area (Å²) in [5.74, 6) is -0.932. The van der Waals surface area contributed by atoms with Crippen LogP contribution in [-0.2, 0) is 0 Å². The summed E-state index contributed by atoms with van der Waals surface area (Å²) in [6, 6.07) is 65.8. The average Bonchev–Trinajstić information content (AvgIpc) is 0.776. The molecule has 0 bridgehead atoms. The maximum absolute atomic E-state index is 14.4. The van der Waals surface area contributed by atoms with Crippen molar-refractivity contribution >= 4 is 98.7 Å². The molecule has 0 saturated heterocycles. The van der Waals surface area contributed by atoms with Crippen LogP contribution in [0.5, 0.6) is 0 Å². The molecule has 0 aliphatic rings. The van der Waals surface area contributed by atoms with Crippen LogP contribution in [-0.4, -0.2) is 69.8 Å². The zero-order valence-electron chi connectivity index (χ0n) is 58.7. The van der Waals surface area contributed by atoms with Crippen molar-refractivity contribution < 1.29 is 17.6 Å². The van der Waals surface area contributed by atoms with Crippen molar-refractivity contribution in [1.29, 1.82) is 0 Å². The van der Waals surface area contributed by atoms with Crippen molar-refractivity contribution in [2.24, 2.45) is 0 Å². The number of fused-ring (bicyclic) bond motifs is 8. The van der Waals surface area contributed by atoms with Crippen LogP contribution >= 0.6 is 0 Å². The van der Waals surface area contributed by atoms with Crippen LogP contribution in [0.1, 0.15) is 0 Å². The van der Waals surface area contributed by atoms with Gasteiger partial charge in [-0.2, -0.15) is 0 Å². The first-order valence-electron chi connectivity index (χ1n) is 35.1. The first kappa shape index (κ1) is 69.5. The number of H-pyrrole nitrogens is 2. The zero-order valence-corrected chi connectivity index (χ0v) is 58.7. The van der Waals surface area contributed by atoms with E-state index < -0.39 is 0 Å². The van der Waals surface area contributed by atoms with E-state index in [2.05, 4.69) is 69.8 Å². The number of hydrogen-bond acceptors (Lipinski definition) is 16. The fourth-order valence-electron chi connectivity index (χ4n) is 13.9. The third kappa shape index (κ3) is 13.4. The molecule has 112 heavy (non-hydrogen) atoms. The second-order valence-electron chi connectivity index (χ2n) is 25.8. The Kier molecular flexibility index (Phi) is 18.6. The topological polar surface area (TPSA) is 272 Å². The maximum Gasteiger partial charge on any atom is 0.257 e. The highest BCUT2D eigenvalue weighted by molar-refractivity contribution is 6.10. The Morgan fingerprint density at radius 2 is 0.616 bits per heavy atom. The molecule has 22 heteroatoms. The van der Waals surface area contributed by atoms with Gasteiger partial charge in [0, 0.05) is 157 Å². The summed E-state index contributed by atoms with van der Waals surface area (Å²) in [5.41, 5.74) is 25.3. The van der Waals surface area contributed by atoms with Gasteiger partial charge in [0.05, 0.1) is 28.2 Å². The average molecular weight is 1470 g/mol. The number of nitrogens with two attached hydrogens (primary N) is 2. The minimum absolute atomic E-state index is 0.148. The van der Waals surface area contributed by atoms with E-state index in [4.69, 9.17) is 11.5 Å². The summed E-state index contributed by atoms with van der Waals surface area (Å²) < 4.78 is 57.7. The second kappa shape index (κ2) is 30.0. The smallest absolute Gasteiger partial charge is 0.257 e. The number of nitrogens with zero attached hydrogens (tertiary/aromatic N) is 12. The number of nitrogens with one attached hydrogen (secondary N) is 2. The molecule has 0 amide bonds. The van der Waals surface area contributed by atoms with Crippen molar-refractivity contribution in [3.8, 4) is 89.5 Å². The summed E-state index contributed by atoms with van der Waals surface area (Å²) in [5, 5.41) is 9.60. The van der Waals surface area contributed by atoms with Gasteiger partial charge in [0.15, 0.2) is 22.6 Å². The zero-order chi connectivity index (χ0) is 76.3. The largest absolute Gasteiger partial charge is 0.398 e. The summed E-state index contributed by atoms with van der Waals surface area (Å²) in [6.07, 6.45) is 21.8. The van der Waals surface area contributed by atoms with Gasteiger partial charge in [0.1, 0.15) is 29.1 Å². The fourth-order valence-corrected chi connectivity index (χ4v) is 13.9. The summed E-state index contributed by atoms with van der Waals surface area (Å²) in [6.45, 7) is 0. The predicted octanol–water partition coefficient (Wildman–Crippen LogP) is 19.1. The van der Waals surface area contributed by atoms with Crippen molar-refractivity contribution in [2.75, 3.05) is 11.5 Å². The predicted molar refractivity (Wildman–Crippen MR) is 433 cm³/mol. The number of rotatable bonds is 8.